The van der Waals surface area contributed by atoms with Crippen molar-refractivity contribution in [2.24, 2.45) is 0 Å². The number of halogens is 1. The van der Waals surface area contributed by atoms with Crippen molar-refractivity contribution in [2.75, 3.05) is 13.2 Å². The SMILES string of the molecule is CCOc1cc(CNC(C)(C)CO)cc(Cl)c1OC(C)C. The van der Waals surface area contributed by atoms with E-state index < -0.39 is 0 Å². The average Bonchev–Trinajstić information content (AvgIpc) is 2.40. The highest BCUT2D eigenvalue weighted by molar-refractivity contribution is 6.32. The lowest BCUT2D eigenvalue weighted by atomic mass is 10.1. The van der Waals surface area contributed by atoms with Gasteiger partial charge in [0, 0.05) is 12.1 Å². The molecule has 0 bridgehead atoms. The molecule has 21 heavy (non-hydrogen) atoms. The number of rotatable bonds is 8. The lowest BCUT2D eigenvalue weighted by Crippen LogP contribution is -2.42. The molecular formula is C16H26ClNO3. The second-order valence-corrected chi connectivity index (χ2v) is 6.31. The zero-order valence-corrected chi connectivity index (χ0v) is 14.3. The predicted octanol–water partition coefficient (Wildman–Crippen LogP) is 3.39. The number of ether oxygens (including phenoxy) is 2. The minimum atomic E-state index is -0.342. The van der Waals surface area contributed by atoms with Gasteiger partial charge in [-0.3, -0.25) is 0 Å². The topological polar surface area (TPSA) is 50.7 Å². The molecule has 0 aromatic heterocycles. The summed E-state index contributed by atoms with van der Waals surface area (Å²) in [5.74, 6) is 1.23. The van der Waals surface area contributed by atoms with Crippen molar-refractivity contribution in [3.05, 3.63) is 22.7 Å². The molecule has 0 radical (unpaired) electrons. The molecule has 0 aliphatic rings. The normalized spacial score (nSPS) is 11.8. The van der Waals surface area contributed by atoms with Crippen LogP contribution in [0.3, 0.4) is 0 Å². The molecule has 0 heterocycles. The number of aliphatic hydroxyl groups is 1. The van der Waals surface area contributed by atoms with Gasteiger partial charge in [-0.25, -0.2) is 0 Å². The van der Waals surface area contributed by atoms with Gasteiger partial charge in [0.1, 0.15) is 0 Å². The maximum absolute atomic E-state index is 9.28. The van der Waals surface area contributed by atoms with Gasteiger partial charge >= 0.3 is 0 Å². The van der Waals surface area contributed by atoms with E-state index in [0.717, 1.165) is 5.56 Å². The molecule has 120 valence electrons. The number of aliphatic hydroxyl groups excluding tert-OH is 1. The largest absolute Gasteiger partial charge is 0.490 e. The van der Waals surface area contributed by atoms with Crippen molar-refractivity contribution in [3.63, 3.8) is 0 Å². The van der Waals surface area contributed by atoms with Crippen LogP contribution in [0.1, 0.15) is 40.2 Å². The molecule has 0 aliphatic carbocycles. The van der Waals surface area contributed by atoms with E-state index in [1.165, 1.54) is 0 Å². The lowest BCUT2D eigenvalue weighted by Gasteiger charge is -2.24. The third-order valence-corrected chi connectivity index (χ3v) is 3.17. The summed E-state index contributed by atoms with van der Waals surface area (Å²) in [7, 11) is 0. The molecule has 0 spiro atoms. The zero-order chi connectivity index (χ0) is 16.0. The molecule has 0 saturated carbocycles. The molecule has 0 unspecified atom stereocenters. The van der Waals surface area contributed by atoms with Crippen LogP contribution in [0.5, 0.6) is 11.5 Å². The molecule has 0 amide bonds. The number of benzene rings is 1. The fraction of sp³-hybridized carbons (Fsp3) is 0.625. The molecule has 4 nitrogen and oxygen atoms in total. The standard InChI is InChI=1S/C16H26ClNO3/c1-6-20-14-8-12(9-18-16(4,5)10-19)7-13(17)15(14)21-11(2)3/h7-8,11,18-19H,6,9-10H2,1-5H3. The molecule has 0 atom stereocenters. The van der Waals surface area contributed by atoms with Gasteiger partial charge in [0.2, 0.25) is 0 Å². The Bertz CT molecular complexity index is 461. The Kier molecular flexibility index (Phi) is 6.78. The molecule has 0 fully saturated rings. The summed E-state index contributed by atoms with van der Waals surface area (Å²) in [6, 6.07) is 3.79. The molecular weight excluding hydrogens is 290 g/mol. The first-order valence-corrected chi connectivity index (χ1v) is 7.64. The highest BCUT2D eigenvalue weighted by atomic mass is 35.5. The summed E-state index contributed by atoms with van der Waals surface area (Å²) in [6.07, 6.45) is 0.0269. The fourth-order valence-electron chi connectivity index (χ4n) is 1.73. The van der Waals surface area contributed by atoms with Crippen molar-refractivity contribution >= 4 is 11.6 Å². The van der Waals surface area contributed by atoms with E-state index in [2.05, 4.69) is 5.32 Å². The van der Waals surface area contributed by atoms with Gasteiger partial charge in [0.05, 0.1) is 24.3 Å². The fourth-order valence-corrected chi connectivity index (χ4v) is 2.01. The van der Waals surface area contributed by atoms with Gasteiger partial charge in [-0.1, -0.05) is 11.6 Å². The third kappa shape index (κ3) is 5.73. The molecule has 0 aliphatic heterocycles. The minimum absolute atomic E-state index is 0.0269. The van der Waals surface area contributed by atoms with Crippen LogP contribution in [-0.2, 0) is 6.54 Å². The first kappa shape index (κ1) is 18.1. The molecule has 5 heteroatoms. The van der Waals surface area contributed by atoms with Gasteiger partial charge in [-0.2, -0.15) is 0 Å². The van der Waals surface area contributed by atoms with E-state index in [4.69, 9.17) is 21.1 Å². The first-order valence-electron chi connectivity index (χ1n) is 7.27. The smallest absolute Gasteiger partial charge is 0.180 e. The maximum atomic E-state index is 9.28. The Morgan fingerprint density at radius 2 is 2.00 bits per heavy atom. The average molecular weight is 316 g/mol. The van der Waals surface area contributed by atoms with Crippen molar-refractivity contribution in [2.45, 2.75) is 52.8 Å². The van der Waals surface area contributed by atoms with Gasteiger partial charge in [-0.15, -0.1) is 0 Å². The Labute approximate surface area is 132 Å². The van der Waals surface area contributed by atoms with Crippen molar-refractivity contribution in [1.82, 2.24) is 5.32 Å². The van der Waals surface area contributed by atoms with E-state index in [1.807, 2.05) is 46.8 Å². The third-order valence-electron chi connectivity index (χ3n) is 2.89. The van der Waals surface area contributed by atoms with Gasteiger partial charge in [0.25, 0.3) is 0 Å². The molecule has 1 rings (SSSR count). The van der Waals surface area contributed by atoms with E-state index in [1.54, 1.807) is 0 Å². The van der Waals surface area contributed by atoms with Gasteiger partial charge in [-0.05, 0) is 52.3 Å². The second-order valence-electron chi connectivity index (χ2n) is 5.90. The van der Waals surface area contributed by atoms with Gasteiger partial charge < -0.3 is 19.9 Å². The van der Waals surface area contributed by atoms with Crippen LogP contribution in [0, 0.1) is 0 Å². The first-order chi connectivity index (χ1) is 9.79. The van der Waals surface area contributed by atoms with Crippen LogP contribution >= 0.6 is 11.6 Å². The van der Waals surface area contributed by atoms with E-state index >= 15 is 0 Å². The number of nitrogens with one attached hydrogen (secondary N) is 1. The van der Waals surface area contributed by atoms with E-state index in [9.17, 15) is 5.11 Å². The summed E-state index contributed by atoms with van der Waals surface area (Å²) in [4.78, 5) is 0. The molecule has 1 aromatic carbocycles. The summed E-state index contributed by atoms with van der Waals surface area (Å²) in [6.45, 7) is 10.9. The summed E-state index contributed by atoms with van der Waals surface area (Å²) in [5.41, 5.74) is 0.645. The zero-order valence-electron chi connectivity index (χ0n) is 13.5. The Hall–Kier alpha value is -0.970. The summed E-state index contributed by atoms with van der Waals surface area (Å²) in [5, 5.41) is 13.1. The highest BCUT2D eigenvalue weighted by Gasteiger charge is 2.17. The second kappa shape index (κ2) is 7.87. The maximum Gasteiger partial charge on any atom is 0.180 e. The number of hydrogen-bond acceptors (Lipinski definition) is 4. The Balaban J connectivity index is 2.97. The van der Waals surface area contributed by atoms with Crippen LogP contribution in [0.4, 0.5) is 0 Å². The van der Waals surface area contributed by atoms with Gasteiger partial charge in [0.15, 0.2) is 11.5 Å². The Morgan fingerprint density at radius 3 is 2.52 bits per heavy atom. The minimum Gasteiger partial charge on any atom is -0.490 e. The van der Waals surface area contributed by atoms with Crippen molar-refractivity contribution < 1.29 is 14.6 Å². The number of hydrogen-bond donors (Lipinski definition) is 2. The monoisotopic (exact) mass is 315 g/mol. The summed E-state index contributed by atoms with van der Waals surface area (Å²) >= 11 is 6.32. The van der Waals surface area contributed by atoms with Crippen LogP contribution in [0.2, 0.25) is 5.02 Å². The quantitative estimate of drug-likeness (QED) is 0.772. The summed E-state index contributed by atoms with van der Waals surface area (Å²) < 4.78 is 11.4. The highest BCUT2D eigenvalue weighted by Crippen LogP contribution is 2.37. The molecule has 2 N–H and O–H groups in total. The van der Waals surface area contributed by atoms with Crippen molar-refractivity contribution in [3.8, 4) is 11.5 Å². The van der Waals surface area contributed by atoms with Crippen LogP contribution in [-0.4, -0.2) is 30.0 Å². The van der Waals surface area contributed by atoms with Crippen LogP contribution in [0.25, 0.3) is 0 Å². The molecule has 1 aromatic rings. The Morgan fingerprint density at radius 1 is 1.33 bits per heavy atom. The van der Waals surface area contributed by atoms with E-state index in [-0.39, 0.29) is 18.2 Å². The molecule has 0 saturated heterocycles. The van der Waals surface area contributed by atoms with Crippen LogP contribution in [0.15, 0.2) is 12.1 Å². The van der Waals surface area contributed by atoms with E-state index in [0.29, 0.717) is 29.7 Å². The van der Waals surface area contributed by atoms with Crippen molar-refractivity contribution in [1.29, 1.82) is 0 Å². The predicted molar refractivity (Wildman–Crippen MR) is 86.4 cm³/mol. The van der Waals surface area contributed by atoms with Crippen LogP contribution < -0.4 is 14.8 Å². The lowest BCUT2D eigenvalue weighted by molar-refractivity contribution is 0.187.